The quantitative estimate of drug-likeness (QED) is 0.849. The van der Waals surface area contributed by atoms with Crippen LogP contribution in [-0.4, -0.2) is 36.1 Å². The molecule has 2 aromatic heterocycles. The maximum atomic E-state index is 12.4. The van der Waals surface area contributed by atoms with Crippen molar-refractivity contribution in [2.24, 2.45) is 0 Å². The molecule has 0 bridgehead atoms. The third kappa shape index (κ3) is 3.97. The van der Waals surface area contributed by atoms with Crippen LogP contribution in [0.25, 0.3) is 0 Å². The molecule has 0 radical (unpaired) electrons. The Bertz CT molecular complexity index is 657. The second kappa shape index (κ2) is 8.12. The first-order chi connectivity index (χ1) is 11.2. The number of ether oxygens (including phenoxy) is 1. The highest BCUT2D eigenvalue weighted by molar-refractivity contribution is 5.96. The van der Waals surface area contributed by atoms with Crippen molar-refractivity contribution >= 4 is 11.7 Å². The van der Waals surface area contributed by atoms with Gasteiger partial charge < -0.3 is 15.0 Å². The number of carbonyl (C=O) groups is 1. The van der Waals surface area contributed by atoms with E-state index in [2.05, 4.69) is 34.0 Å². The molecule has 2 rings (SSSR count). The summed E-state index contributed by atoms with van der Waals surface area (Å²) in [7, 11) is 1.50. The van der Waals surface area contributed by atoms with Crippen molar-refractivity contribution in [3.05, 3.63) is 47.8 Å². The van der Waals surface area contributed by atoms with Gasteiger partial charge in [0.25, 0.3) is 5.91 Å². The SMILES string of the molecule is CCN(CC)c1ncccc1CNC(=O)c1cccnc1OC. The number of nitrogens with one attached hydrogen (secondary N) is 1. The van der Waals surface area contributed by atoms with E-state index < -0.39 is 0 Å². The molecule has 23 heavy (non-hydrogen) atoms. The van der Waals surface area contributed by atoms with Crippen molar-refractivity contribution in [2.75, 3.05) is 25.1 Å². The van der Waals surface area contributed by atoms with Gasteiger partial charge in [-0.3, -0.25) is 4.79 Å². The summed E-state index contributed by atoms with van der Waals surface area (Å²) in [4.78, 5) is 23.0. The van der Waals surface area contributed by atoms with Crippen LogP contribution in [0.15, 0.2) is 36.7 Å². The van der Waals surface area contributed by atoms with Gasteiger partial charge in [0.15, 0.2) is 0 Å². The maximum absolute atomic E-state index is 12.4. The standard InChI is InChI=1S/C17H22N4O2/c1-4-21(5-2)15-13(8-6-10-18-15)12-20-16(22)14-9-7-11-19-17(14)23-3/h6-11H,4-5,12H2,1-3H3,(H,20,22). The van der Waals surface area contributed by atoms with E-state index in [-0.39, 0.29) is 5.91 Å². The Kier molecular flexibility index (Phi) is 5.91. The number of hydrogen-bond donors (Lipinski definition) is 1. The summed E-state index contributed by atoms with van der Waals surface area (Å²) in [5, 5.41) is 2.91. The lowest BCUT2D eigenvalue weighted by Crippen LogP contribution is -2.28. The van der Waals surface area contributed by atoms with Gasteiger partial charge in [0, 0.05) is 37.6 Å². The maximum Gasteiger partial charge on any atom is 0.257 e. The monoisotopic (exact) mass is 314 g/mol. The van der Waals surface area contributed by atoms with Gasteiger partial charge in [-0.2, -0.15) is 0 Å². The van der Waals surface area contributed by atoms with Gasteiger partial charge in [-0.15, -0.1) is 0 Å². The van der Waals surface area contributed by atoms with Crippen molar-refractivity contribution in [1.82, 2.24) is 15.3 Å². The normalized spacial score (nSPS) is 10.2. The molecule has 122 valence electrons. The van der Waals surface area contributed by atoms with Gasteiger partial charge in [-0.25, -0.2) is 9.97 Å². The number of carbonyl (C=O) groups excluding carboxylic acids is 1. The van der Waals surface area contributed by atoms with E-state index in [1.807, 2.05) is 12.1 Å². The van der Waals surface area contributed by atoms with E-state index >= 15 is 0 Å². The predicted molar refractivity (Wildman–Crippen MR) is 89.8 cm³/mol. The summed E-state index contributed by atoms with van der Waals surface area (Å²) in [6.07, 6.45) is 3.36. The average molecular weight is 314 g/mol. The van der Waals surface area contributed by atoms with E-state index in [1.54, 1.807) is 24.5 Å². The van der Waals surface area contributed by atoms with Gasteiger partial charge in [0.05, 0.1) is 7.11 Å². The first kappa shape index (κ1) is 16.7. The zero-order valence-corrected chi connectivity index (χ0v) is 13.7. The van der Waals surface area contributed by atoms with Crippen LogP contribution in [0.2, 0.25) is 0 Å². The van der Waals surface area contributed by atoms with Crippen LogP contribution in [0.3, 0.4) is 0 Å². The number of anilines is 1. The van der Waals surface area contributed by atoms with Crippen LogP contribution in [-0.2, 0) is 6.54 Å². The first-order valence-electron chi connectivity index (χ1n) is 7.67. The molecule has 0 atom stereocenters. The minimum atomic E-state index is -0.218. The summed E-state index contributed by atoms with van der Waals surface area (Å²) < 4.78 is 5.12. The molecular weight excluding hydrogens is 292 g/mol. The highest BCUT2D eigenvalue weighted by Crippen LogP contribution is 2.18. The molecule has 0 aliphatic rings. The Morgan fingerprint density at radius 1 is 1.17 bits per heavy atom. The Morgan fingerprint density at radius 2 is 1.87 bits per heavy atom. The third-order valence-corrected chi connectivity index (χ3v) is 3.58. The molecular formula is C17H22N4O2. The minimum absolute atomic E-state index is 0.218. The van der Waals surface area contributed by atoms with Gasteiger partial charge in [0.1, 0.15) is 11.4 Å². The number of methoxy groups -OCH3 is 1. The fraction of sp³-hybridized carbons (Fsp3) is 0.353. The molecule has 0 spiro atoms. The minimum Gasteiger partial charge on any atom is -0.480 e. The molecule has 1 amide bonds. The Balaban J connectivity index is 2.13. The van der Waals surface area contributed by atoms with Crippen molar-refractivity contribution in [1.29, 1.82) is 0 Å². The largest absolute Gasteiger partial charge is 0.480 e. The topological polar surface area (TPSA) is 67.4 Å². The second-order valence-corrected chi connectivity index (χ2v) is 4.90. The number of aromatic nitrogens is 2. The van der Waals surface area contributed by atoms with Gasteiger partial charge in [-0.05, 0) is 32.0 Å². The van der Waals surface area contributed by atoms with Crippen molar-refractivity contribution < 1.29 is 9.53 Å². The molecule has 0 saturated heterocycles. The molecule has 0 aliphatic carbocycles. The van der Waals surface area contributed by atoms with Crippen molar-refractivity contribution in [3.8, 4) is 5.88 Å². The summed E-state index contributed by atoms with van der Waals surface area (Å²) >= 11 is 0. The van der Waals surface area contributed by atoms with E-state index in [9.17, 15) is 4.79 Å². The third-order valence-electron chi connectivity index (χ3n) is 3.58. The number of pyridine rings is 2. The second-order valence-electron chi connectivity index (χ2n) is 4.90. The molecule has 6 heteroatoms. The average Bonchev–Trinajstić information content (AvgIpc) is 2.61. The van der Waals surface area contributed by atoms with Crippen LogP contribution in [0.4, 0.5) is 5.82 Å². The van der Waals surface area contributed by atoms with Gasteiger partial charge in [-0.1, -0.05) is 6.07 Å². The number of amides is 1. The summed E-state index contributed by atoms with van der Waals surface area (Å²) in [6.45, 7) is 6.30. The van der Waals surface area contributed by atoms with Gasteiger partial charge in [0.2, 0.25) is 5.88 Å². The van der Waals surface area contributed by atoms with Crippen LogP contribution in [0, 0.1) is 0 Å². The molecule has 0 saturated carbocycles. The number of nitrogens with zero attached hydrogens (tertiary/aromatic N) is 3. The van der Waals surface area contributed by atoms with E-state index in [0.29, 0.717) is 18.0 Å². The molecule has 0 aromatic carbocycles. The van der Waals surface area contributed by atoms with Crippen molar-refractivity contribution in [2.45, 2.75) is 20.4 Å². The smallest absolute Gasteiger partial charge is 0.257 e. The lowest BCUT2D eigenvalue weighted by Gasteiger charge is -2.22. The fourth-order valence-electron chi connectivity index (χ4n) is 2.37. The molecule has 0 fully saturated rings. The Morgan fingerprint density at radius 3 is 2.57 bits per heavy atom. The number of rotatable bonds is 7. The lowest BCUT2D eigenvalue weighted by atomic mass is 10.2. The van der Waals surface area contributed by atoms with Crippen molar-refractivity contribution in [3.63, 3.8) is 0 Å². The van der Waals surface area contributed by atoms with Crippen LogP contribution < -0.4 is 15.0 Å². The predicted octanol–water partition coefficient (Wildman–Crippen LogP) is 2.26. The fourth-order valence-corrected chi connectivity index (χ4v) is 2.37. The van der Waals surface area contributed by atoms with Gasteiger partial charge >= 0.3 is 0 Å². The highest BCUT2D eigenvalue weighted by atomic mass is 16.5. The summed E-state index contributed by atoms with van der Waals surface area (Å²) in [5.41, 5.74) is 1.40. The molecule has 2 aromatic rings. The Labute approximate surface area is 136 Å². The molecule has 0 unspecified atom stereocenters. The highest BCUT2D eigenvalue weighted by Gasteiger charge is 2.14. The van der Waals surface area contributed by atoms with E-state index in [0.717, 1.165) is 24.5 Å². The van der Waals surface area contributed by atoms with Crippen LogP contribution in [0.1, 0.15) is 29.8 Å². The molecule has 0 aliphatic heterocycles. The first-order valence-corrected chi connectivity index (χ1v) is 7.67. The zero-order chi connectivity index (χ0) is 16.7. The molecule has 1 N–H and O–H groups in total. The Hall–Kier alpha value is -2.63. The number of hydrogen-bond acceptors (Lipinski definition) is 5. The van der Waals surface area contributed by atoms with Crippen LogP contribution >= 0.6 is 0 Å². The molecule has 6 nitrogen and oxygen atoms in total. The van der Waals surface area contributed by atoms with E-state index in [4.69, 9.17) is 4.74 Å². The lowest BCUT2D eigenvalue weighted by molar-refractivity contribution is 0.0947. The summed E-state index contributed by atoms with van der Waals surface area (Å²) in [5.74, 6) is 1.00. The molecule has 2 heterocycles. The van der Waals surface area contributed by atoms with E-state index in [1.165, 1.54) is 7.11 Å². The summed E-state index contributed by atoms with van der Waals surface area (Å²) in [6, 6.07) is 7.25. The zero-order valence-electron chi connectivity index (χ0n) is 13.7. The van der Waals surface area contributed by atoms with Crippen LogP contribution in [0.5, 0.6) is 5.88 Å².